The number of carbonyl (C=O) groups is 4. The van der Waals surface area contributed by atoms with E-state index < -0.39 is 29.7 Å². The number of pyridine rings is 1. The molecule has 1 aromatic heterocycles. The molecule has 0 bridgehead atoms. The summed E-state index contributed by atoms with van der Waals surface area (Å²) in [5, 5.41) is 6.12. The molecule has 0 radical (unpaired) electrons. The number of carbonyl (C=O) groups excluding carboxylic acids is 4. The Balaban J connectivity index is 1.30. The number of rotatable bonds is 11. The van der Waals surface area contributed by atoms with E-state index in [1.807, 2.05) is 30.3 Å². The third kappa shape index (κ3) is 7.53. The Morgan fingerprint density at radius 1 is 0.977 bits per heavy atom. The lowest BCUT2D eigenvalue weighted by Crippen LogP contribution is -2.55. The number of aromatic nitrogens is 1. The van der Waals surface area contributed by atoms with Crippen LogP contribution in [0.25, 0.3) is 0 Å². The molecular weight excluding hydrogens is 591 g/mol. The Labute approximate surface area is 259 Å². The molecular formula is C32H32Cl2N4O5. The molecule has 1 aliphatic carbocycles. The van der Waals surface area contributed by atoms with E-state index in [2.05, 4.69) is 15.6 Å². The fourth-order valence-corrected chi connectivity index (χ4v) is 6.22. The van der Waals surface area contributed by atoms with Crippen LogP contribution in [0.2, 0.25) is 10.0 Å². The largest absolute Gasteiger partial charge is 0.484 e. The van der Waals surface area contributed by atoms with Crippen LogP contribution in [0, 0.1) is 11.8 Å². The molecule has 2 heterocycles. The van der Waals surface area contributed by atoms with Gasteiger partial charge in [-0.15, -0.1) is 0 Å². The van der Waals surface area contributed by atoms with E-state index in [0.29, 0.717) is 28.0 Å². The van der Waals surface area contributed by atoms with Gasteiger partial charge in [0.25, 0.3) is 11.8 Å². The predicted molar refractivity (Wildman–Crippen MR) is 161 cm³/mol. The zero-order valence-corrected chi connectivity index (χ0v) is 24.9. The Hall–Kier alpha value is -3.95. The minimum Gasteiger partial charge on any atom is -0.484 e. The van der Waals surface area contributed by atoms with E-state index >= 15 is 0 Å². The highest BCUT2D eigenvalue weighted by Gasteiger charge is 2.50. The van der Waals surface area contributed by atoms with E-state index in [9.17, 15) is 19.2 Å². The summed E-state index contributed by atoms with van der Waals surface area (Å²) in [6.07, 6.45) is 4.39. The maximum atomic E-state index is 13.9. The SMILES string of the molecule is O=C(NCc1ccccn1)C(=O)[C@@H](Cc1ccccc1)NC(=O)[C@@H]1[C@H]2CCC[C@H]2CN1C(=O)COc1ccc(Cl)c(Cl)c1. The van der Waals surface area contributed by atoms with Crippen LogP contribution in [-0.2, 0) is 32.1 Å². The summed E-state index contributed by atoms with van der Waals surface area (Å²) in [6, 6.07) is 17.3. The van der Waals surface area contributed by atoms with Gasteiger partial charge in [0.05, 0.1) is 22.3 Å². The first-order chi connectivity index (χ1) is 20.8. The smallest absolute Gasteiger partial charge is 0.289 e. The highest BCUT2D eigenvalue weighted by atomic mass is 35.5. The van der Waals surface area contributed by atoms with Gasteiger partial charge in [-0.3, -0.25) is 24.2 Å². The molecule has 5 rings (SSSR count). The molecule has 224 valence electrons. The summed E-state index contributed by atoms with van der Waals surface area (Å²) in [6.45, 7) is 0.211. The summed E-state index contributed by atoms with van der Waals surface area (Å²) in [7, 11) is 0. The second-order valence-electron chi connectivity index (χ2n) is 10.8. The van der Waals surface area contributed by atoms with Crippen molar-refractivity contribution in [1.82, 2.24) is 20.5 Å². The number of ether oxygens (including phenoxy) is 1. The minimum absolute atomic E-state index is 0.0422. The molecule has 1 saturated heterocycles. The normalized spacial score (nSPS) is 19.8. The number of amides is 3. The van der Waals surface area contributed by atoms with Crippen molar-refractivity contribution in [1.29, 1.82) is 0 Å². The number of hydrogen-bond acceptors (Lipinski definition) is 6. The molecule has 0 spiro atoms. The van der Waals surface area contributed by atoms with Crippen LogP contribution in [0.3, 0.4) is 0 Å². The predicted octanol–water partition coefficient (Wildman–Crippen LogP) is 4.01. The first kappa shape index (κ1) is 30.5. The van der Waals surface area contributed by atoms with Crippen LogP contribution in [-0.4, -0.2) is 58.6 Å². The topological polar surface area (TPSA) is 118 Å². The monoisotopic (exact) mass is 622 g/mol. The molecule has 3 aromatic rings. The molecule has 0 unspecified atom stereocenters. The van der Waals surface area contributed by atoms with Gasteiger partial charge in [-0.1, -0.05) is 66.0 Å². The van der Waals surface area contributed by atoms with Gasteiger partial charge in [0.2, 0.25) is 11.7 Å². The highest BCUT2D eigenvalue weighted by Crippen LogP contribution is 2.42. The second-order valence-corrected chi connectivity index (χ2v) is 11.6. The van der Waals surface area contributed by atoms with Crippen LogP contribution in [0.5, 0.6) is 5.75 Å². The van der Waals surface area contributed by atoms with Gasteiger partial charge >= 0.3 is 0 Å². The van der Waals surface area contributed by atoms with Crippen molar-refractivity contribution in [3.63, 3.8) is 0 Å². The fourth-order valence-electron chi connectivity index (χ4n) is 5.93. The average Bonchev–Trinajstić information content (AvgIpc) is 3.62. The highest BCUT2D eigenvalue weighted by molar-refractivity contribution is 6.42. The Kier molecular flexibility index (Phi) is 9.94. The molecule has 1 saturated carbocycles. The number of ketones is 1. The van der Waals surface area contributed by atoms with E-state index in [4.69, 9.17) is 27.9 Å². The second kappa shape index (κ2) is 14.0. The number of nitrogens with zero attached hydrogens (tertiary/aromatic N) is 2. The third-order valence-electron chi connectivity index (χ3n) is 8.03. The van der Waals surface area contributed by atoms with Gasteiger partial charge in [-0.25, -0.2) is 0 Å². The van der Waals surface area contributed by atoms with Crippen LogP contribution in [0.4, 0.5) is 0 Å². The molecule has 9 nitrogen and oxygen atoms in total. The van der Waals surface area contributed by atoms with Crippen molar-refractivity contribution in [2.45, 2.75) is 44.3 Å². The van der Waals surface area contributed by atoms with Crippen molar-refractivity contribution in [3.05, 3.63) is 94.2 Å². The minimum atomic E-state index is -1.12. The van der Waals surface area contributed by atoms with E-state index in [1.165, 1.54) is 6.07 Å². The Bertz CT molecular complexity index is 1470. The molecule has 2 fully saturated rings. The number of benzene rings is 2. The first-order valence-corrected chi connectivity index (χ1v) is 15.0. The fraction of sp³-hybridized carbons (Fsp3) is 0.344. The molecule has 2 aromatic carbocycles. The van der Waals surface area contributed by atoms with Crippen LogP contribution in [0.1, 0.15) is 30.5 Å². The third-order valence-corrected chi connectivity index (χ3v) is 8.77. The number of nitrogens with one attached hydrogen (secondary N) is 2. The summed E-state index contributed by atoms with van der Waals surface area (Å²) < 4.78 is 5.68. The van der Waals surface area contributed by atoms with Crippen LogP contribution in [0.15, 0.2) is 72.9 Å². The summed E-state index contributed by atoms with van der Waals surface area (Å²) in [4.78, 5) is 59.3. The van der Waals surface area contributed by atoms with Crippen molar-refractivity contribution in [2.75, 3.05) is 13.2 Å². The van der Waals surface area contributed by atoms with Crippen molar-refractivity contribution in [3.8, 4) is 5.75 Å². The molecule has 11 heteroatoms. The van der Waals surface area contributed by atoms with E-state index in [1.54, 1.807) is 41.4 Å². The Morgan fingerprint density at radius 2 is 1.77 bits per heavy atom. The maximum absolute atomic E-state index is 13.9. The number of Topliss-reactive ketones (excluding diaryl/α,β-unsaturated/α-hetero) is 1. The quantitative estimate of drug-likeness (QED) is 0.312. The van der Waals surface area contributed by atoms with Crippen LogP contribution >= 0.6 is 23.2 Å². The zero-order valence-electron chi connectivity index (χ0n) is 23.4. The summed E-state index contributed by atoms with van der Waals surface area (Å²) >= 11 is 12.0. The maximum Gasteiger partial charge on any atom is 0.289 e. The summed E-state index contributed by atoms with van der Waals surface area (Å²) in [5.74, 6) is -1.87. The number of likely N-dealkylation sites (tertiary alicyclic amines) is 1. The molecule has 43 heavy (non-hydrogen) atoms. The number of fused-ring (bicyclic) bond motifs is 1. The zero-order chi connectivity index (χ0) is 30.3. The number of halogens is 2. The molecule has 4 atom stereocenters. The summed E-state index contributed by atoms with van der Waals surface area (Å²) in [5.41, 5.74) is 1.38. The van der Waals surface area contributed by atoms with Gasteiger partial charge in [0.1, 0.15) is 17.8 Å². The Morgan fingerprint density at radius 3 is 2.51 bits per heavy atom. The average molecular weight is 624 g/mol. The van der Waals surface area contributed by atoms with Gasteiger partial charge in [0, 0.05) is 25.2 Å². The lowest BCUT2D eigenvalue weighted by molar-refractivity contribution is -0.143. The van der Waals surface area contributed by atoms with Crippen molar-refractivity contribution < 1.29 is 23.9 Å². The van der Waals surface area contributed by atoms with Gasteiger partial charge in [0.15, 0.2) is 6.61 Å². The first-order valence-electron chi connectivity index (χ1n) is 14.2. The van der Waals surface area contributed by atoms with Gasteiger partial charge in [-0.2, -0.15) is 0 Å². The van der Waals surface area contributed by atoms with Crippen molar-refractivity contribution >= 4 is 46.7 Å². The lowest BCUT2D eigenvalue weighted by Gasteiger charge is -2.29. The van der Waals surface area contributed by atoms with E-state index in [0.717, 1.165) is 24.8 Å². The van der Waals surface area contributed by atoms with Crippen LogP contribution < -0.4 is 15.4 Å². The van der Waals surface area contributed by atoms with Gasteiger partial charge in [-0.05, 0) is 54.5 Å². The molecule has 1 aliphatic heterocycles. The standard InChI is InChI=1S/C32H32Cl2N4O5/c33-25-13-12-23(16-26(25)34)43-19-28(39)38-18-21-9-6-11-24(21)29(38)31(41)37-27(15-20-7-2-1-3-8-20)30(40)32(42)36-17-22-10-4-5-14-35-22/h1-5,7-8,10,12-14,16,21,24,27,29H,6,9,11,15,17-19H2,(H,36,42)(H,37,41)/t21-,24-,27+,29-/m0/s1. The molecule has 2 N–H and O–H groups in total. The molecule has 3 amide bonds. The van der Waals surface area contributed by atoms with E-state index in [-0.39, 0.29) is 37.3 Å². The van der Waals surface area contributed by atoms with Gasteiger partial charge < -0.3 is 20.3 Å². The number of hydrogen-bond donors (Lipinski definition) is 2. The van der Waals surface area contributed by atoms with Crippen molar-refractivity contribution in [2.24, 2.45) is 11.8 Å². The lowest BCUT2D eigenvalue weighted by atomic mass is 9.92. The molecule has 2 aliphatic rings.